The number of nitrogens with zero attached hydrogens (tertiary/aromatic N) is 1. The van der Waals surface area contributed by atoms with Gasteiger partial charge in [-0.05, 0) is 44.2 Å². The molecule has 3 aliphatic heterocycles. The van der Waals surface area contributed by atoms with Gasteiger partial charge in [0.05, 0.1) is 40.8 Å². The van der Waals surface area contributed by atoms with E-state index < -0.39 is 41.0 Å². The van der Waals surface area contributed by atoms with Crippen LogP contribution in [0.2, 0.25) is 5.02 Å². The Kier molecular flexibility index (Phi) is 6.46. The van der Waals surface area contributed by atoms with Gasteiger partial charge in [-0.25, -0.2) is 0 Å². The van der Waals surface area contributed by atoms with E-state index in [4.69, 9.17) is 16.3 Å². The number of aryl methyl sites for hydroxylation is 1. The maximum Gasteiger partial charge on any atom is 0.250 e. The minimum absolute atomic E-state index is 0.0623. The largest absolute Gasteiger partial charge is 0.394 e. The SMILES string of the molecule is CC[C@H](C)[C@H](CO)N1C(=O)[C@@H]2[C@H](C(=O)NC)[C@]3(C)CCC2(O3)C1C(=O)Nc1c(C)cccc1Cl. The van der Waals surface area contributed by atoms with Crippen LogP contribution in [-0.4, -0.2) is 64.7 Å². The number of aliphatic hydroxyl groups is 1. The highest BCUT2D eigenvalue weighted by molar-refractivity contribution is 6.34. The van der Waals surface area contributed by atoms with Crippen LogP contribution < -0.4 is 10.6 Å². The van der Waals surface area contributed by atoms with Crippen molar-refractivity contribution in [3.8, 4) is 0 Å². The van der Waals surface area contributed by atoms with Crippen LogP contribution in [0.15, 0.2) is 18.2 Å². The lowest BCUT2D eigenvalue weighted by Crippen LogP contribution is -2.57. The molecule has 1 aromatic rings. The molecule has 1 aromatic carbocycles. The summed E-state index contributed by atoms with van der Waals surface area (Å²) in [6.45, 7) is 7.33. The number of nitrogens with one attached hydrogen (secondary N) is 2. The highest BCUT2D eigenvalue weighted by atomic mass is 35.5. The number of ether oxygens (including phenoxy) is 1. The number of para-hydroxylation sites is 1. The van der Waals surface area contributed by atoms with Gasteiger partial charge in [0.15, 0.2) is 0 Å². The van der Waals surface area contributed by atoms with Gasteiger partial charge in [0.2, 0.25) is 17.7 Å². The normalized spacial score (nSPS) is 33.6. The third-order valence-corrected chi connectivity index (χ3v) is 8.62. The van der Waals surface area contributed by atoms with Gasteiger partial charge in [0.25, 0.3) is 0 Å². The van der Waals surface area contributed by atoms with E-state index in [9.17, 15) is 19.5 Å². The number of anilines is 1. The Balaban J connectivity index is 1.83. The second-order valence-electron chi connectivity index (χ2n) is 10.1. The number of likely N-dealkylation sites (tertiary alicyclic amines) is 1. The molecule has 1 spiro atoms. The Hall–Kier alpha value is -2.16. The Morgan fingerprint density at radius 1 is 1.32 bits per heavy atom. The zero-order valence-corrected chi connectivity index (χ0v) is 21.1. The van der Waals surface area contributed by atoms with E-state index >= 15 is 0 Å². The molecule has 34 heavy (non-hydrogen) atoms. The maximum atomic E-state index is 14.0. The van der Waals surface area contributed by atoms with E-state index in [2.05, 4.69) is 10.6 Å². The number of halogens is 1. The molecule has 3 aliphatic rings. The Morgan fingerprint density at radius 2 is 2.03 bits per heavy atom. The summed E-state index contributed by atoms with van der Waals surface area (Å²) in [5, 5.41) is 16.3. The molecular weight excluding hydrogens is 458 g/mol. The van der Waals surface area contributed by atoms with Crippen molar-refractivity contribution in [1.82, 2.24) is 10.2 Å². The first-order valence-electron chi connectivity index (χ1n) is 12.0. The average Bonchev–Trinajstić information content (AvgIpc) is 3.37. The average molecular weight is 492 g/mol. The fraction of sp³-hybridized carbons (Fsp3) is 0.640. The number of aliphatic hydroxyl groups excluding tert-OH is 1. The summed E-state index contributed by atoms with van der Waals surface area (Å²) >= 11 is 6.38. The third kappa shape index (κ3) is 3.45. The van der Waals surface area contributed by atoms with Gasteiger partial charge in [-0.1, -0.05) is 44.0 Å². The van der Waals surface area contributed by atoms with Crippen LogP contribution in [0.1, 0.15) is 45.6 Å². The number of hydrogen-bond donors (Lipinski definition) is 3. The van der Waals surface area contributed by atoms with Crippen LogP contribution in [0, 0.1) is 24.7 Å². The molecule has 0 radical (unpaired) electrons. The number of hydrogen-bond acceptors (Lipinski definition) is 5. The minimum atomic E-state index is -1.15. The van der Waals surface area contributed by atoms with Crippen molar-refractivity contribution in [2.45, 2.75) is 70.2 Å². The summed E-state index contributed by atoms with van der Waals surface area (Å²) in [7, 11) is 1.54. The monoisotopic (exact) mass is 491 g/mol. The third-order valence-electron chi connectivity index (χ3n) is 8.31. The van der Waals surface area contributed by atoms with Gasteiger partial charge in [-0.3, -0.25) is 14.4 Å². The fourth-order valence-corrected chi connectivity index (χ4v) is 6.64. The molecule has 186 valence electrons. The molecule has 0 saturated carbocycles. The highest BCUT2D eigenvalue weighted by Crippen LogP contribution is 2.63. The summed E-state index contributed by atoms with van der Waals surface area (Å²) in [6.07, 6.45) is 1.74. The number of carbonyl (C=O) groups is 3. The van der Waals surface area contributed by atoms with E-state index in [-0.39, 0.29) is 24.3 Å². The number of rotatable bonds is 7. The zero-order chi connectivity index (χ0) is 25.0. The molecule has 2 unspecified atom stereocenters. The van der Waals surface area contributed by atoms with E-state index in [0.717, 1.165) is 5.56 Å². The summed E-state index contributed by atoms with van der Waals surface area (Å²) in [5.41, 5.74) is -0.718. The van der Waals surface area contributed by atoms with Crippen LogP contribution in [0.3, 0.4) is 0 Å². The van der Waals surface area contributed by atoms with Crippen molar-refractivity contribution < 1.29 is 24.2 Å². The van der Waals surface area contributed by atoms with Crippen molar-refractivity contribution >= 4 is 35.0 Å². The second kappa shape index (κ2) is 8.81. The molecule has 4 rings (SSSR count). The molecule has 0 aliphatic carbocycles. The van der Waals surface area contributed by atoms with E-state index in [1.54, 1.807) is 19.2 Å². The summed E-state index contributed by atoms with van der Waals surface area (Å²) < 4.78 is 6.55. The minimum Gasteiger partial charge on any atom is -0.394 e. The number of amides is 3. The Labute approximate surface area is 205 Å². The van der Waals surface area contributed by atoms with Gasteiger partial charge >= 0.3 is 0 Å². The smallest absolute Gasteiger partial charge is 0.250 e. The zero-order valence-electron chi connectivity index (χ0n) is 20.4. The van der Waals surface area contributed by atoms with Crippen LogP contribution >= 0.6 is 11.6 Å². The van der Waals surface area contributed by atoms with E-state index in [0.29, 0.717) is 30.0 Å². The van der Waals surface area contributed by atoms with Gasteiger partial charge < -0.3 is 25.4 Å². The Bertz CT molecular complexity index is 998. The molecule has 2 bridgehead atoms. The van der Waals surface area contributed by atoms with Gasteiger partial charge in [0.1, 0.15) is 11.6 Å². The first kappa shape index (κ1) is 24.9. The molecule has 0 aromatic heterocycles. The van der Waals surface area contributed by atoms with Gasteiger partial charge in [-0.2, -0.15) is 0 Å². The van der Waals surface area contributed by atoms with Crippen molar-refractivity contribution in [3.63, 3.8) is 0 Å². The summed E-state index contributed by atoms with van der Waals surface area (Å²) in [5.74, 6) is -2.57. The lowest BCUT2D eigenvalue weighted by Gasteiger charge is -2.39. The fourth-order valence-electron chi connectivity index (χ4n) is 6.37. The molecule has 3 saturated heterocycles. The lowest BCUT2D eigenvalue weighted by atomic mass is 9.66. The van der Waals surface area contributed by atoms with Crippen molar-refractivity contribution in [3.05, 3.63) is 28.8 Å². The molecule has 7 atom stereocenters. The van der Waals surface area contributed by atoms with Crippen molar-refractivity contribution in [1.29, 1.82) is 0 Å². The van der Waals surface area contributed by atoms with Gasteiger partial charge in [-0.15, -0.1) is 0 Å². The number of fused-ring (bicyclic) bond motifs is 1. The first-order chi connectivity index (χ1) is 16.1. The maximum absolute atomic E-state index is 14.0. The van der Waals surface area contributed by atoms with Crippen LogP contribution in [0.25, 0.3) is 0 Å². The topological polar surface area (TPSA) is 108 Å². The van der Waals surface area contributed by atoms with Crippen LogP contribution in [0.5, 0.6) is 0 Å². The predicted octanol–water partition coefficient (Wildman–Crippen LogP) is 2.50. The van der Waals surface area contributed by atoms with E-state index in [1.165, 1.54) is 4.90 Å². The summed E-state index contributed by atoms with van der Waals surface area (Å²) in [6, 6.07) is 3.76. The standard InChI is InChI=1S/C25H34ClN3O5/c1-6-13(2)16(12-30)29-20(22(32)28-19-14(3)8-7-9-15(19)26)25-11-10-24(4,34-25)17(21(31)27-5)18(25)23(29)33/h7-9,13,16-18,20,30H,6,10-12H2,1-5H3,(H,27,31)(H,28,32)/t13-,16-,17+,18-,20?,24-,25?/m0/s1. The molecular formula is C25H34ClN3O5. The molecule has 3 amide bonds. The van der Waals surface area contributed by atoms with Crippen LogP contribution in [0.4, 0.5) is 5.69 Å². The van der Waals surface area contributed by atoms with Crippen LogP contribution in [-0.2, 0) is 19.1 Å². The molecule has 3 fully saturated rings. The number of carbonyl (C=O) groups excluding carboxylic acids is 3. The molecule has 9 heteroatoms. The highest BCUT2D eigenvalue weighted by Gasteiger charge is 2.78. The predicted molar refractivity (Wildman–Crippen MR) is 128 cm³/mol. The second-order valence-corrected chi connectivity index (χ2v) is 10.6. The summed E-state index contributed by atoms with van der Waals surface area (Å²) in [4.78, 5) is 42.4. The molecule has 3 heterocycles. The lowest BCUT2D eigenvalue weighted by molar-refractivity contribution is -0.149. The molecule has 8 nitrogen and oxygen atoms in total. The van der Waals surface area contributed by atoms with Crippen molar-refractivity contribution in [2.24, 2.45) is 17.8 Å². The van der Waals surface area contributed by atoms with Crippen molar-refractivity contribution in [2.75, 3.05) is 19.0 Å². The van der Waals surface area contributed by atoms with E-state index in [1.807, 2.05) is 33.8 Å². The number of benzene rings is 1. The quantitative estimate of drug-likeness (QED) is 0.543. The Morgan fingerprint density at radius 3 is 2.62 bits per heavy atom. The first-order valence-corrected chi connectivity index (χ1v) is 12.3. The molecule has 3 N–H and O–H groups in total. The van der Waals surface area contributed by atoms with Gasteiger partial charge in [0, 0.05) is 7.05 Å².